The molecule has 0 aliphatic heterocycles. The molecule has 2 rings (SSSR count). The van der Waals surface area contributed by atoms with Gasteiger partial charge in [0, 0.05) is 13.5 Å². The van der Waals surface area contributed by atoms with Crippen LogP contribution in [0.15, 0.2) is 22.7 Å². The lowest BCUT2D eigenvalue weighted by atomic mass is 10.00. The molecule has 0 unspecified atom stereocenters. The Hall–Kier alpha value is -1.81. The van der Waals surface area contributed by atoms with E-state index in [1.807, 2.05) is 6.07 Å². The van der Waals surface area contributed by atoms with Gasteiger partial charge in [-0.2, -0.15) is 0 Å². The number of rotatable bonds is 4. The lowest BCUT2D eigenvalue weighted by molar-refractivity contribution is 0.193. The van der Waals surface area contributed by atoms with Gasteiger partial charge in [0.25, 0.3) is 0 Å². The van der Waals surface area contributed by atoms with Gasteiger partial charge in [-0.05, 0) is 30.5 Å². The molecular formula is C14H18N2O2. The first kappa shape index (κ1) is 12.6. The first-order chi connectivity index (χ1) is 8.63. The average molecular weight is 246 g/mol. The third-order valence-corrected chi connectivity index (χ3v) is 3.12. The Kier molecular flexibility index (Phi) is 3.67. The third-order valence-electron chi connectivity index (χ3n) is 3.12. The Labute approximate surface area is 107 Å². The van der Waals surface area contributed by atoms with Crippen molar-refractivity contribution in [1.29, 1.82) is 0 Å². The van der Waals surface area contributed by atoms with Crippen molar-refractivity contribution in [2.24, 2.45) is 0 Å². The maximum Gasteiger partial charge on any atom is 0.175 e. The van der Waals surface area contributed by atoms with E-state index >= 15 is 0 Å². The van der Waals surface area contributed by atoms with Gasteiger partial charge in [0.05, 0.1) is 12.2 Å². The van der Waals surface area contributed by atoms with Gasteiger partial charge in [0.1, 0.15) is 5.76 Å². The molecule has 0 amide bonds. The van der Waals surface area contributed by atoms with Crippen LogP contribution in [0, 0.1) is 13.8 Å². The molecule has 0 radical (unpaired) electrons. The zero-order valence-corrected chi connectivity index (χ0v) is 11.0. The number of nitrogens with zero attached hydrogens (tertiary/aromatic N) is 1. The summed E-state index contributed by atoms with van der Waals surface area (Å²) in [5.74, 6) is 1.21. The molecule has 18 heavy (non-hydrogen) atoms. The number of nitrogens with two attached hydrogens (primary N) is 1. The minimum atomic E-state index is 0.435. The van der Waals surface area contributed by atoms with Crippen LogP contribution in [-0.4, -0.2) is 18.9 Å². The Morgan fingerprint density at radius 1 is 1.28 bits per heavy atom. The maximum absolute atomic E-state index is 5.89. The first-order valence-corrected chi connectivity index (χ1v) is 5.94. The van der Waals surface area contributed by atoms with Crippen LogP contribution in [-0.2, 0) is 11.2 Å². The summed E-state index contributed by atoms with van der Waals surface area (Å²) in [6.45, 7) is 4.76. The van der Waals surface area contributed by atoms with Gasteiger partial charge in [-0.3, -0.25) is 0 Å². The van der Waals surface area contributed by atoms with E-state index in [2.05, 4.69) is 31.1 Å². The largest absolute Gasteiger partial charge is 0.384 e. The van der Waals surface area contributed by atoms with Crippen molar-refractivity contribution >= 4 is 5.82 Å². The number of hydrogen-bond donors (Lipinski definition) is 1. The van der Waals surface area contributed by atoms with Gasteiger partial charge < -0.3 is 15.0 Å². The number of aryl methyl sites for hydroxylation is 2. The summed E-state index contributed by atoms with van der Waals surface area (Å²) in [6, 6.07) is 6.23. The van der Waals surface area contributed by atoms with Crippen LogP contribution in [0.4, 0.5) is 5.82 Å². The van der Waals surface area contributed by atoms with Gasteiger partial charge in [0.2, 0.25) is 0 Å². The third kappa shape index (κ3) is 2.38. The van der Waals surface area contributed by atoms with Crippen LogP contribution in [0.25, 0.3) is 11.1 Å². The van der Waals surface area contributed by atoms with Crippen LogP contribution >= 0.6 is 0 Å². The van der Waals surface area contributed by atoms with Crippen molar-refractivity contribution in [3.63, 3.8) is 0 Å². The molecule has 0 saturated carbocycles. The molecule has 0 bridgehead atoms. The summed E-state index contributed by atoms with van der Waals surface area (Å²) >= 11 is 0. The number of aromatic nitrogens is 1. The van der Waals surface area contributed by atoms with E-state index in [4.69, 9.17) is 15.0 Å². The molecular weight excluding hydrogens is 228 g/mol. The smallest absolute Gasteiger partial charge is 0.175 e. The summed E-state index contributed by atoms with van der Waals surface area (Å²) in [4.78, 5) is 0. The zero-order valence-electron chi connectivity index (χ0n) is 11.0. The fourth-order valence-corrected chi connectivity index (χ4v) is 1.91. The molecule has 1 aromatic heterocycles. The number of anilines is 1. The minimum Gasteiger partial charge on any atom is -0.384 e. The maximum atomic E-state index is 5.89. The highest BCUT2D eigenvalue weighted by atomic mass is 16.5. The quantitative estimate of drug-likeness (QED) is 0.901. The molecule has 4 heteroatoms. The highest BCUT2D eigenvalue weighted by Gasteiger charge is 2.15. The highest BCUT2D eigenvalue weighted by molar-refractivity contribution is 5.76. The second kappa shape index (κ2) is 5.23. The summed E-state index contributed by atoms with van der Waals surface area (Å²) in [6.07, 6.45) is 0.670. The van der Waals surface area contributed by atoms with Crippen LogP contribution in [0.1, 0.15) is 16.9 Å². The molecule has 2 aromatic rings. The molecule has 1 heterocycles. The van der Waals surface area contributed by atoms with Crippen molar-refractivity contribution in [2.75, 3.05) is 19.5 Å². The second-order valence-electron chi connectivity index (χ2n) is 4.41. The molecule has 0 aliphatic carbocycles. The molecule has 0 fully saturated rings. The molecule has 0 spiro atoms. The van der Waals surface area contributed by atoms with Gasteiger partial charge in [0.15, 0.2) is 5.82 Å². The number of methoxy groups -OCH3 is 1. The number of ether oxygens (including phenoxy) is 1. The van der Waals surface area contributed by atoms with Crippen molar-refractivity contribution in [2.45, 2.75) is 20.3 Å². The second-order valence-corrected chi connectivity index (χ2v) is 4.41. The van der Waals surface area contributed by atoms with E-state index in [1.54, 1.807) is 7.11 Å². The first-order valence-electron chi connectivity index (χ1n) is 5.94. The lowest BCUT2D eigenvalue weighted by Gasteiger charge is -2.05. The van der Waals surface area contributed by atoms with Crippen LogP contribution < -0.4 is 5.73 Å². The molecule has 2 N–H and O–H groups in total. The highest BCUT2D eigenvalue weighted by Crippen LogP contribution is 2.31. The summed E-state index contributed by atoms with van der Waals surface area (Å²) in [7, 11) is 1.66. The fourth-order valence-electron chi connectivity index (χ4n) is 1.91. The van der Waals surface area contributed by atoms with E-state index in [9.17, 15) is 0 Å². The normalized spacial score (nSPS) is 10.8. The molecule has 0 aliphatic rings. The predicted molar refractivity (Wildman–Crippen MR) is 71.4 cm³/mol. The summed E-state index contributed by atoms with van der Waals surface area (Å²) in [5.41, 5.74) is 10.3. The zero-order chi connectivity index (χ0) is 13.1. The van der Waals surface area contributed by atoms with Gasteiger partial charge in [-0.25, -0.2) is 0 Å². The van der Waals surface area contributed by atoms with Crippen LogP contribution in [0.3, 0.4) is 0 Å². The molecule has 0 saturated heterocycles. The minimum absolute atomic E-state index is 0.435. The topological polar surface area (TPSA) is 61.3 Å². The predicted octanol–water partition coefficient (Wildman–Crippen LogP) is 2.73. The van der Waals surface area contributed by atoms with E-state index in [1.165, 1.54) is 11.1 Å². The number of hydrogen-bond acceptors (Lipinski definition) is 4. The SMILES string of the molecule is COCCc1onc(N)c1-c1ccc(C)c(C)c1. The number of nitrogen functional groups attached to an aromatic ring is 1. The lowest BCUT2D eigenvalue weighted by Crippen LogP contribution is -1.96. The van der Waals surface area contributed by atoms with Crippen molar-refractivity contribution < 1.29 is 9.26 Å². The monoisotopic (exact) mass is 246 g/mol. The van der Waals surface area contributed by atoms with E-state index in [0.717, 1.165) is 16.9 Å². The Bertz CT molecular complexity index is 547. The standard InChI is InChI=1S/C14H18N2O2/c1-9-4-5-11(8-10(9)2)13-12(6-7-17-3)18-16-14(13)15/h4-5,8H,6-7H2,1-3H3,(H2,15,16). The van der Waals surface area contributed by atoms with Gasteiger partial charge in [-0.15, -0.1) is 0 Å². The van der Waals surface area contributed by atoms with Crippen molar-refractivity contribution in [1.82, 2.24) is 5.16 Å². The van der Waals surface area contributed by atoms with Crippen LogP contribution in [0.5, 0.6) is 0 Å². The fraction of sp³-hybridized carbons (Fsp3) is 0.357. The summed E-state index contributed by atoms with van der Waals surface area (Å²) in [5, 5.41) is 3.85. The van der Waals surface area contributed by atoms with Gasteiger partial charge >= 0.3 is 0 Å². The molecule has 4 nitrogen and oxygen atoms in total. The van der Waals surface area contributed by atoms with E-state index in [0.29, 0.717) is 18.8 Å². The Balaban J connectivity index is 2.42. The Morgan fingerprint density at radius 3 is 2.72 bits per heavy atom. The molecule has 96 valence electrons. The average Bonchev–Trinajstić information content (AvgIpc) is 2.71. The van der Waals surface area contributed by atoms with E-state index in [-0.39, 0.29) is 0 Å². The summed E-state index contributed by atoms with van der Waals surface area (Å²) < 4.78 is 10.3. The molecule has 0 atom stereocenters. The van der Waals surface area contributed by atoms with Gasteiger partial charge in [-0.1, -0.05) is 23.4 Å². The molecule has 1 aromatic carbocycles. The van der Waals surface area contributed by atoms with Crippen molar-refractivity contribution in [3.05, 3.63) is 35.1 Å². The van der Waals surface area contributed by atoms with E-state index < -0.39 is 0 Å². The van der Waals surface area contributed by atoms with Crippen LogP contribution in [0.2, 0.25) is 0 Å². The van der Waals surface area contributed by atoms with Crippen molar-refractivity contribution in [3.8, 4) is 11.1 Å². The number of benzene rings is 1. The Morgan fingerprint density at radius 2 is 2.06 bits per heavy atom.